The minimum atomic E-state index is 0.120. The number of hydrogen-bond donors (Lipinski definition) is 2. The fourth-order valence-corrected chi connectivity index (χ4v) is 1.76. The summed E-state index contributed by atoms with van der Waals surface area (Å²) in [4.78, 5) is 1.22. The lowest BCUT2D eigenvalue weighted by atomic mass is 10.1. The average Bonchev–Trinajstić information content (AvgIpc) is 2.35. The van der Waals surface area contributed by atoms with Crippen molar-refractivity contribution in [3.63, 3.8) is 0 Å². The maximum atomic E-state index is 5.87. The molecular weight excluding hydrogens is 156 g/mol. The molecular formula is C8H14N2S. The second-order valence-corrected chi connectivity index (χ2v) is 3.81. The molecule has 0 saturated heterocycles. The van der Waals surface area contributed by atoms with E-state index in [1.165, 1.54) is 4.88 Å². The van der Waals surface area contributed by atoms with Gasteiger partial charge in [0.25, 0.3) is 0 Å². The van der Waals surface area contributed by atoms with E-state index in [4.69, 9.17) is 11.5 Å². The van der Waals surface area contributed by atoms with Gasteiger partial charge in [0.2, 0.25) is 0 Å². The Balaban J connectivity index is 2.49. The van der Waals surface area contributed by atoms with Gasteiger partial charge in [-0.05, 0) is 24.8 Å². The Labute approximate surface area is 71.2 Å². The highest BCUT2D eigenvalue weighted by Gasteiger charge is 2.08. The highest BCUT2D eigenvalue weighted by Crippen LogP contribution is 2.19. The predicted molar refractivity (Wildman–Crippen MR) is 49.5 cm³/mol. The molecule has 1 aromatic heterocycles. The van der Waals surface area contributed by atoms with Gasteiger partial charge in [-0.2, -0.15) is 0 Å². The van der Waals surface area contributed by atoms with E-state index in [0.29, 0.717) is 0 Å². The summed E-state index contributed by atoms with van der Waals surface area (Å²) < 4.78 is 0. The van der Waals surface area contributed by atoms with E-state index in [1.807, 2.05) is 18.4 Å². The summed E-state index contributed by atoms with van der Waals surface area (Å²) >= 11 is 1.69. The van der Waals surface area contributed by atoms with Crippen LogP contribution in [0.25, 0.3) is 0 Å². The van der Waals surface area contributed by atoms with Crippen molar-refractivity contribution in [2.75, 3.05) is 0 Å². The van der Waals surface area contributed by atoms with Crippen LogP contribution >= 0.6 is 11.3 Å². The monoisotopic (exact) mass is 170 g/mol. The zero-order chi connectivity index (χ0) is 8.27. The van der Waals surface area contributed by atoms with Crippen LogP contribution in [0.3, 0.4) is 0 Å². The van der Waals surface area contributed by atoms with Crippen molar-refractivity contribution in [2.24, 2.45) is 11.5 Å². The van der Waals surface area contributed by atoms with E-state index in [1.54, 1.807) is 11.3 Å². The summed E-state index contributed by atoms with van der Waals surface area (Å²) in [5.41, 5.74) is 11.5. The van der Waals surface area contributed by atoms with Crippen LogP contribution in [0.5, 0.6) is 0 Å². The van der Waals surface area contributed by atoms with E-state index >= 15 is 0 Å². The van der Waals surface area contributed by atoms with Crippen LogP contribution in [0.15, 0.2) is 17.5 Å². The van der Waals surface area contributed by atoms with Crippen molar-refractivity contribution in [3.05, 3.63) is 22.4 Å². The second-order valence-electron chi connectivity index (χ2n) is 2.83. The Morgan fingerprint density at radius 2 is 2.27 bits per heavy atom. The summed E-state index contributed by atoms with van der Waals surface area (Å²) in [6, 6.07) is 4.38. The molecule has 2 unspecified atom stereocenters. The molecule has 0 bridgehead atoms. The number of thiophene rings is 1. The Bertz CT molecular complexity index is 194. The molecule has 1 heterocycles. The summed E-state index contributed by atoms with van der Waals surface area (Å²) in [5.74, 6) is 0. The summed E-state index contributed by atoms with van der Waals surface area (Å²) in [6.45, 7) is 1.98. The van der Waals surface area contributed by atoms with Gasteiger partial charge in [-0.15, -0.1) is 11.3 Å². The van der Waals surface area contributed by atoms with Crippen LogP contribution in [0, 0.1) is 0 Å². The van der Waals surface area contributed by atoms with Gasteiger partial charge >= 0.3 is 0 Å². The number of nitrogens with two attached hydrogens (primary N) is 2. The van der Waals surface area contributed by atoms with Crippen molar-refractivity contribution in [1.29, 1.82) is 0 Å². The molecule has 3 heteroatoms. The Hall–Kier alpha value is -0.380. The summed E-state index contributed by atoms with van der Waals surface area (Å²) in [7, 11) is 0. The van der Waals surface area contributed by atoms with Gasteiger partial charge < -0.3 is 11.5 Å². The van der Waals surface area contributed by atoms with Crippen LogP contribution in [0.4, 0.5) is 0 Å². The highest BCUT2D eigenvalue weighted by atomic mass is 32.1. The number of hydrogen-bond acceptors (Lipinski definition) is 3. The largest absolute Gasteiger partial charge is 0.328 e. The van der Waals surface area contributed by atoms with Gasteiger partial charge in [0.05, 0.1) is 0 Å². The zero-order valence-corrected chi connectivity index (χ0v) is 7.47. The first-order valence-corrected chi connectivity index (χ1v) is 4.62. The zero-order valence-electron chi connectivity index (χ0n) is 6.66. The van der Waals surface area contributed by atoms with E-state index in [9.17, 15) is 0 Å². The normalized spacial score (nSPS) is 16.3. The maximum absolute atomic E-state index is 5.87. The highest BCUT2D eigenvalue weighted by molar-refractivity contribution is 7.10. The van der Waals surface area contributed by atoms with Crippen LogP contribution in [-0.2, 0) is 0 Å². The maximum Gasteiger partial charge on any atom is 0.0404 e. The SMILES string of the molecule is CC(N)CC(N)c1cccs1. The van der Waals surface area contributed by atoms with Crippen molar-refractivity contribution < 1.29 is 0 Å². The van der Waals surface area contributed by atoms with Gasteiger partial charge in [-0.25, -0.2) is 0 Å². The first-order chi connectivity index (χ1) is 5.20. The van der Waals surface area contributed by atoms with Crippen LogP contribution in [0.2, 0.25) is 0 Å². The molecule has 4 N–H and O–H groups in total. The minimum absolute atomic E-state index is 0.120. The van der Waals surface area contributed by atoms with E-state index in [0.717, 1.165) is 6.42 Å². The molecule has 0 aliphatic carbocycles. The van der Waals surface area contributed by atoms with Crippen molar-refractivity contribution >= 4 is 11.3 Å². The Morgan fingerprint density at radius 1 is 1.55 bits per heavy atom. The van der Waals surface area contributed by atoms with E-state index in [2.05, 4.69) is 6.07 Å². The summed E-state index contributed by atoms with van der Waals surface area (Å²) in [6.07, 6.45) is 0.862. The van der Waals surface area contributed by atoms with Gasteiger partial charge in [0.15, 0.2) is 0 Å². The van der Waals surface area contributed by atoms with Gasteiger partial charge in [-0.1, -0.05) is 6.07 Å². The molecule has 0 radical (unpaired) electrons. The fourth-order valence-electron chi connectivity index (χ4n) is 1.02. The van der Waals surface area contributed by atoms with Crippen molar-refractivity contribution in [3.8, 4) is 0 Å². The second kappa shape index (κ2) is 3.85. The molecule has 0 amide bonds. The lowest BCUT2D eigenvalue weighted by molar-refractivity contribution is 0.575. The molecule has 0 spiro atoms. The van der Waals surface area contributed by atoms with Gasteiger partial charge in [-0.3, -0.25) is 0 Å². The molecule has 1 aromatic rings. The van der Waals surface area contributed by atoms with E-state index < -0.39 is 0 Å². The lowest BCUT2D eigenvalue weighted by Crippen LogP contribution is -2.22. The third-order valence-corrected chi connectivity index (χ3v) is 2.54. The molecule has 0 aliphatic rings. The third kappa shape index (κ3) is 2.61. The fraction of sp³-hybridized carbons (Fsp3) is 0.500. The smallest absolute Gasteiger partial charge is 0.0404 e. The standard InChI is InChI=1S/C8H14N2S/c1-6(9)5-7(10)8-3-2-4-11-8/h2-4,6-7H,5,9-10H2,1H3. The molecule has 2 atom stereocenters. The first-order valence-electron chi connectivity index (χ1n) is 3.74. The molecule has 0 aromatic carbocycles. The Morgan fingerprint density at radius 3 is 2.73 bits per heavy atom. The van der Waals surface area contributed by atoms with Gasteiger partial charge in [0, 0.05) is 17.0 Å². The minimum Gasteiger partial charge on any atom is -0.328 e. The average molecular weight is 170 g/mol. The van der Waals surface area contributed by atoms with Crippen LogP contribution < -0.4 is 11.5 Å². The van der Waals surface area contributed by atoms with Crippen molar-refractivity contribution in [1.82, 2.24) is 0 Å². The summed E-state index contributed by atoms with van der Waals surface area (Å²) in [5, 5.41) is 2.04. The molecule has 62 valence electrons. The van der Waals surface area contributed by atoms with Crippen LogP contribution in [0.1, 0.15) is 24.3 Å². The number of rotatable bonds is 3. The quantitative estimate of drug-likeness (QED) is 0.722. The molecule has 0 fully saturated rings. The van der Waals surface area contributed by atoms with Crippen LogP contribution in [-0.4, -0.2) is 6.04 Å². The molecule has 2 nitrogen and oxygen atoms in total. The molecule has 0 aliphatic heterocycles. The van der Waals surface area contributed by atoms with Gasteiger partial charge in [0.1, 0.15) is 0 Å². The molecule has 1 rings (SSSR count). The van der Waals surface area contributed by atoms with Crippen molar-refractivity contribution in [2.45, 2.75) is 25.4 Å². The lowest BCUT2D eigenvalue weighted by Gasteiger charge is -2.11. The van der Waals surface area contributed by atoms with E-state index in [-0.39, 0.29) is 12.1 Å². The Kier molecular flexibility index (Phi) is 3.05. The third-order valence-electron chi connectivity index (χ3n) is 1.53. The molecule has 0 saturated carbocycles. The first kappa shape index (κ1) is 8.71. The molecule has 11 heavy (non-hydrogen) atoms. The topological polar surface area (TPSA) is 52.0 Å². The predicted octanol–water partition coefficient (Wildman–Crippen LogP) is 1.49.